The Balaban J connectivity index is 1.40. The van der Waals surface area contributed by atoms with Crippen LogP contribution in [0, 0.1) is 12.7 Å². The van der Waals surface area contributed by atoms with E-state index in [9.17, 15) is 9.18 Å². The van der Waals surface area contributed by atoms with Crippen LogP contribution in [0.1, 0.15) is 28.6 Å². The number of amides is 1. The number of nitrogens with zero attached hydrogens (tertiary/aromatic N) is 2. The van der Waals surface area contributed by atoms with Gasteiger partial charge in [-0.3, -0.25) is 4.79 Å². The van der Waals surface area contributed by atoms with E-state index in [0.717, 1.165) is 22.0 Å². The smallest absolute Gasteiger partial charge is 0.227 e. The molecule has 2 heterocycles. The van der Waals surface area contributed by atoms with Gasteiger partial charge in [-0.15, -0.1) is 11.3 Å². The van der Waals surface area contributed by atoms with Gasteiger partial charge >= 0.3 is 0 Å². The summed E-state index contributed by atoms with van der Waals surface area (Å²) < 4.78 is 18.9. The first-order valence-electron chi connectivity index (χ1n) is 8.78. The van der Waals surface area contributed by atoms with Crippen LogP contribution in [0.15, 0.2) is 53.9 Å². The van der Waals surface area contributed by atoms with E-state index in [1.54, 1.807) is 22.3 Å². The number of rotatable bonds is 5. The van der Waals surface area contributed by atoms with Crippen LogP contribution in [-0.2, 0) is 11.4 Å². The van der Waals surface area contributed by atoms with Gasteiger partial charge in [0.25, 0.3) is 0 Å². The van der Waals surface area contributed by atoms with Crippen molar-refractivity contribution >= 4 is 22.9 Å². The molecule has 1 unspecified atom stereocenters. The number of aromatic nitrogens is 1. The van der Waals surface area contributed by atoms with Gasteiger partial charge in [-0.25, -0.2) is 9.37 Å². The minimum Gasteiger partial charge on any atom is -0.489 e. The van der Waals surface area contributed by atoms with Crippen LogP contribution in [0.3, 0.4) is 0 Å². The molecule has 0 spiro atoms. The number of hydrogen-bond acceptors (Lipinski definition) is 4. The topological polar surface area (TPSA) is 42.4 Å². The molecule has 3 aromatic rings. The summed E-state index contributed by atoms with van der Waals surface area (Å²) in [7, 11) is 0. The first-order chi connectivity index (χ1) is 13.1. The van der Waals surface area contributed by atoms with E-state index < -0.39 is 0 Å². The Morgan fingerprint density at radius 2 is 2.07 bits per heavy atom. The Hall–Kier alpha value is -2.73. The average molecular weight is 382 g/mol. The van der Waals surface area contributed by atoms with Crippen molar-refractivity contribution in [1.29, 1.82) is 0 Å². The molecule has 0 saturated carbocycles. The molecule has 0 radical (unpaired) electrons. The molecule has 1 aromatic heterocycles. The number of carbonyl (C=O) groups excluding carboxylic acids is 1. The van der Waals surface area contributed by atoms with E-state index >= 15 is 0 Å². The summed E-state index contributed by atoms with van der Waals surface area (Å²) in [5.41, 5.74) is 2.63. The molecule has 2 aromatic carbocycles. The lowest BCUT2D eigenvalue weighted by Crippen LogP contribution is -2.24. The Morgan fingerprint density at radius 3 is 2.78 bits per heavy atom. The lowest BCUT2D eigenvalue weighted by molar-refractivity contribution is -0.117. The summed E-state index contributed by atoms with van der Waals surface area (Å²) >= 11 is 1.62. The average Bonchev–Trinajstić information content (AvgIpc) is 3.26. The lowest BCUT2D eigenvalue weighted by atomic mass is 10.1. The number of benzene rings is 2. The highest BCUT2D eigenvalue weighted by molar-refractivity contribution is 7.09. The van der Waals surface area contributed by atoms with E-state index in [4.69, 9.17) is 4.74 Å². The molecule has 6 heteroatoms. The molecule has 1 atom stereocenters. The molecule has 27 heavy (non-hydrogen) atoms. The first kappa shape index (κ1) is 17.7. The van der Waals surface area contributed by atoms with Crippen molar-refractivity contribution in [1.82, 2.24) is 4.98 Å². The molecule has 138 valence electrons. The van der Waals surface area contributed by atoms with Crippen molar-refractivity contribution in [2.45, 2.75) is 25.9 Å². The normalized spacial score (nSPS) is 16.7. The van der Waals surface area contributed by atoms with Crippen molar-refractivity contribution in [2.24, 2.45) is 0 Å². The number of ether oxygens (including phenoxy) is 1. The summed E-state index contributed by atoms with van der Waals surface area (Å²) in [6.45, 7) is 2.92. The van der Waals surface area contributed by atoms with Crippen LogP contribution < -0.4 is 9.64 Å². The second kappa shape index (κ2) is 7.48. The summed E-state index contributed by atoms with van der Waals surface area (Å²) in [4.78, 5) is 18.8. The molecular weight excluding hydrogens is 363 g/mol. The third-order valence-corrected chi connectivity index (χ3v) is 5.41. The van der Waals surface area contributed by atoms with Crippen molar-refractivity contribution in [3.8, 4) is 5.75 Å². The van der Waals surface area contributed by atoms with E-state index in [2.05, 4.69) is 4.98 Å². The number of aryl methyl sites for hydroxylation is 1. The summed E-state index contributed by atoms with van der Waals surface area (Å²) in [6.07, 6.45) is 0.487. The van der Waals surface area contributed by atoms with E-state index in [1.807, 2.05) is 42.6 Å². The number of anilines is 1. The van der Waals surface area contributed by atoms with Gasteiger partial charge in [0.05, 0.1) is 10.7 Å². The quantitative estimate of drug-likeness (QED) is 0.643. The predicted octanol–water partition coefficient (Wildman–Crippen LogP) is 4.69. The third kappa shape index (κ3) is 4.01. The summed E-state index contributed by atoms with van der Waals surface area (Å²) in [5, 5.41) is 3.07. The maximum absolute atomic E-state index is 13.2. The zero-order chi connectivity index (χ0) is 18.8. The van der Waals surface area contributed by atoms with Gasteiger partial charge in [-0.1, -0.05) is 12.1 Å². The SMILES string of the molecule is Cc1nc(C2CC(=O)N(c3ccc(OCc4cccc(F)c4)cc3)C2)cs1. The van der Waals surface area contributed by atoms with E-state index in [0.29, 0.717) is 25.3 Å². The molecule has 0 N–H and O–H groups in total. The van der Waals surface area contributed by atoms with Gasteiger partial charge in [-0.2, -0.15) is 0 Å². The lowest BCUT2D eigenvalue weighted by Gasteiger charge is -2.17. The van der Waals surface area contributed by atoms with E-state index in [-0.39, 0.29) is 17.6 Å². The van der Waals surface area contributed by atoms with E-state index in [1.165, 1.54) is 12.1 Å². The molecule has 1 amide bonds. The van der Waals surface area contributed by atoms with Gasteiger partial charge in [0.1, 0.15) is 18.2 Å². The van der Waals surface area contributed by atoms with Crippen LogP contribution >= 0.6 is 11.3 Å². The van der Waals surface area contributed by atoms with Crippen molar-refractivity contribution in [2.75, 3.05) is 11.4 Å². The second-order valence-electron chi connectivity index (χ2n) is 6.61. The standard InChI is InChI=1S/C21H19FN2O2S/c1-14-23-20(13-27-14)16-10-21(25)24(11-16)18-5-7-19(8-6-18)26-12-15-3-2-4-17(22)9-15/h2-9,13,16H,10-12H2,1H3. The fraction of sp³-hybridized carbons (Fsp3) is 0.238. The molecule has 1 fully saturated rings. The fourth-order valence-electron chi connectivity index (χ4n) is 3.24. The van der Waals surface area contributed by atoms with Crippen molar-refractivity contribution < 1.29 is 13.9 Å². The second-order valence-corrected chi connectivity index (χ2v) is 7.67. The summed E-state index contributed by atoms with van der Waals surface area (Å²) in [5.74, 6) is 0.663. The minimum absolute atomic E-state index is 0.110. The van der Waals surface area contributed by atoms with Crippen LogP contribution in [0.4, 0.5) is 10.1 Å². The van der Waals surface area contributed by atoms with Crippen LogP contribution in [0.5, 0.6) is 5.75 Å². The van der Waals surface area contributed by atoms with Crippen molar-refractivity contribution in [3.63, 3.8) is 0 Å². The highest BCUT2D eigenvalue weighted by Crippen LogP contribution is 2.33. The Bertz CT molecular complexity index is 955. The maximum atomic E-state index is 13.2. The van der Waals surface area contributed by atoms with Crippen LogP contribution in [0.25, 0.3) is 0 Å². The zero-order valence-electron chi connectivity index (χ0n) is 14.9. The van der Waals surface area contributed by atoms with Crippen LogP contribution in [-0.4, -0.2) is 17.4 Å². The largest absolute Gasteiger partial charge is 0.489 e. The first-order valence-corrected chi connectivity index (χ1v) is 9.66. The van der Waals surface area contributed by atoms with Gasteiger partial charge in [0, 0.05) is 30.0 Å². The van der Waals surface area contributed by atoms with Gasteiger partial charge < -0.3 is 9.64 Å². The molecule has 1 aliphatic rings. The molecule has 4 nitrogen and oxygen atoms in total. The minimum atomic E-state index is -0.274. The zero-order valence-corrected chi connectivity index (χ0v) is 15.7. The number of hydrogen-bond donors (Lipinski definition) is 0. The molecule has 1 saturated heterocycles. The molecule has 1 aliphatic heterocycles. The van der Waals surface area contributed by atoms with Gasteiger partial charge in [-0.05, 0) is 48.9 Å². The third-order valence-electron chi connectivity index (χ3n) is 4.62. The highest BCUT2D eigenvalue weighted by Gasteiger charge is 2.32. The Kier molecular flexibility index (Phi) is 4.90. The monoisotopic (exact) mass is 382 g/mol. The predicted molar refractivity (Wildman–Crippen MR) is 104 cm³/mol. The van der Waals surface area contributed by atoms with Gasteiger partial charge in [0.15, 0.2) is 0 Å². The molecule has 0 aliphatic carbocycles. The van der Waals surface area contributed by atoms with Crippen molar-refractivity contribution in [3.05, 3.63) is 76.0 Å². The Morgan fingerprint density at radius 1 is 1.26 bits per heavy atom. The number of carbonyl (C=O) groups is 1. The van der Waals surface area contributed by atoms with Crippen LogP contribution in [0.2, 0.25) is 0 Å². The molecule has 4 rings (SSSR count). The maximum Gasteiger partial charge on any atom is 0.227 e. The highest BCUT2D eigenvalue weighted by atomic mass is 32.1. The van der Waals surface area contributed by atoms with Gasteiger partial charge in [0.2, 0.25) is 5.91 Å². The number of halogens is 1. The molecular formula is C21H19FN2O2S. The fourth-order valence-corrected chi connectivity index (χ4v) is 3.93. The Labute approximate surface area is 161 Å². The number of thiazole rings is 1. The molecule has 0 bridgehead atoms. The summed E-state index contributed by atoms with van der Waals surface area (Å²) in [6, 6.07) is 13.8.